The number of imidazole rings is 1. The first kappa shape index (κ1) is 11.0. The molecule has 2 aromatic heterocycles. The Morgan fingerprint density at radius 1 is 1.22 bits per heavy atom. The lowest BCUT2D eigenvalue weighted by atomic mass is 10.1. The van der Waals surface area contributed by atoms with Crippen LogP contribution in [0, 0.1) is 0 Å². The Morgan fingerprint density at radius 3 is 2.83 bits per heavy atom. The van der Waals surface area contributed by atoms with E-state index in [1.807, 2.05) is 24.3 Å². The van der Waals surface area contributed by atoms with E-state index in [0.717, 1.165) is 16.4 Å². The van der Waals surface area contributed by atoms with Gasteiger partial charge in [0.1, 0.15) is 17.7 Å². The number of rotatable bonds is 2. The second kappa shape index (κ2) is 4.27. The Bertz CT molecular complexity index is 707. The van der Waals surface area contributed by atoms with Gasteiger partial charge in [0.2, 0.25) is 0 Å². The average molecular weight is 260 g/mol. The fourth-order valence-corrected chi connectivity index (χ4v) is 2.00. The number of benzene rings is 1. The Morgan fingerprint density at radius 2 is 2.06 bits per heavy atom. The number of hydrogen-bond donors (Lipinski definition) is 2. The lowest BCUT2D eigenvalue weighted by Gasteiger charge is -2.00. The number of aromatic nitrogens is 4. The molecular weight excluding hydrogens is 250 g/mol. The molecule has 6 heteroatoms. The van der Waals surface area contributed by atoms with Crippen LogP contribution in [0.1, 0.15) is 11.4 Å². The van der Waals surface area contributed by atoms with E-state index in [1.54, 1.807) is 0 Å². The highest BCUT2D eigenvalue weighted by molar-refractivity contribution is 6.31. The number of hydrogen-bond acceptors (Lipinski definition) is 4. The highest BCUT2D eigenvalue weighted by atomic mass is 35.5. The summed E-state index contributed by atoms with van der Waals surface area (Å²) in [6.45, 7) is 0. The molecule has 3 aromatic rings. The Kier molecular flexibility index (Phi) is 2.60. The van der Waals surface area contributed by atoms with Gasteiger partial charge in [-0.15, -0.1) is 0 Å². The fourth-order valence-electron chi connectivity index (χ4n) is 1.80. The predicted molar refractivity (Wildman–Crippen MR) is 70.4 cm³/mol. The van der Waals surface area contributed by atoms with Gasteiger partial charge in [0.15, 0.2) is 11.5 Å². The summed E-state index contributed by atoms with van der Waals surface area (Å²) in [5, 5.41) is 0.719. The summed E-state index contributed by atoms with van der Waals surface area (Å²) in [5.74, 6) is 1.17. The number of nitrogens with two attached hydrogens (primary N) is 1. The Hall–Kier alpha value is -2.14. The molecule has 0 saturated heterocycles. The summed E-state index contributed by atoms with van der Waals surface area (Å²) < 4.78 is 0. The molecule has 0 unspecified atom stereocenters. The van der Waals surface area contributed by atoms with Crippen molar-refractivity contribution < 1.29 is 0 Å². The quantitative estimate of drug-likeness (QED) is 0.739. The predicted octanol–water partition coefficient (Wildman–Crippen LogP) is 2.18. The van der Waals surface area contributed by atoms with Crippen molar-refractivity contribution in [3.8, 4) is 0 Å². The maximum atomic E-state index is 6.11. The van der Waals surface area contributed by atoms with Gasteiger partial charge in [-0.05, 0) is 11.6 Å². The molecule has 0 fully saturated rings. The van der Waals surface area contributed by atoms with E-state index >= 15 is 0 Å². The zero-order valence-electron chi connectivity index (χ0n) is 9.39. The number of halogens is 1. The molecule has 0 aliphatic carbocycles. The molecular formula is C12H10ClN5. The van der Waals surface area contributed by atoms with Gasteiger partial charge in [0, 0.05) is 11.4 Å². The molecule has 0 bridgehead atoms. The van der Waals surface area contributed by atoms with Crippen LogP contribution in [0.25, 0.3) is 11.2 Å². The standard InChI is InChI=1S/C12H10ClN5/c13-8-4-2-1-3-7(8)5-9-17-10-11(14)15-6-16-12(10)18-9/h1-4,6H,5H2,(H3,14,15,16,17,18). The summed E-state index contributed by atoms with van der Waals surface area (Å²) >= 11 is 6.11. The molecule has 90 valence electrons. The zero-order valence-corrected chi connectivity index (χ0v) is 10.1. The molecule has 0 aliphatic heterocycles. The molecule has 2 heterocycles. The number of nitrogens with zero attached hydrogens (tertiary/aromatic N) is 3. The molecule has 3 rings (SSSR count). The van der Waals surface area contributed by atoms with Crippen LogP contribution < -0.4 is 5.73 Å². The molecule has 18 heavy (non-hydrogen) atoms. The van der Waals surface area contributed by atoms with E-state index in [9.17, 15) is 0 Å². The third-order valence-corrected chi connectivity index (χ3v) is 3.05. The highest BCUT2D eigenvalue weighted by Crippen LogP contribution is 2.20. The van der Waals surface area contributed by atoms with Gasteiger partial charge in [0.05, 0.1) is 0 Å². The smallest absolute Gasteiger partial charge is 0.183 e. The van der Waals surface area contributed by atoms with E-state index in [4.69, 9.17) is 17.3 Å². The molecule has 0 spiro atoms. The largest absolute Gasteiger partial charge is 0.382 e. The van der Waals surface area contributed by atoms with Crippen molar-refractivity contribution in [3.05, 3.63) is 47.0 Å². The summed E-state index contributed by atoms with van der Waals surface area (Å²) in [4.78, 5) is 15.5. The molecule has 3 N–H and O–H groups in total. The normalized spacial score (nSPS) is 10.9. The van der Waals surface area contributed by atoms with Crippen LogP contribution in [-0.2, 0) is 6.42 Å². The van der Waals surface area contributed by atoms with Crippen LogP contribution in [0.4, 0.5) is 5.82 Å². The SMILES string of the molecule is Nc1ncnc2nc(Cc3ccccc3Cl)[nH]c12. The van der Waals surface area contributed by atoms with Crippen LogP contribution >= 0.6 is 11.6 Å². The van der Waals surface area contributed by atoms with Crippen LogP contribution in [0.15, 0.2) is 30.6 Å². The summed E-state index contributed by atoms with van der Waals surface area (Å²) in [6.07, 6.45) is 2.01. The number of H-pyrrole nitrogens is 1. The number of aromatic amines is 1. The van der Waals surface area contributed by atoms with Crippen molar-refractivity contribution in [3.63, 3.8) is 0 Å². The van der Waals surface area contributed by atoms with Gasteiger partial charge < -0.3 is 10.7 Å². The van der Waals surface area contributed by atoms with Crippen LogP contribution in [0.2, 0.25) is 5.02 Å². The fraction of sp³-hybridized carbons (Fsp3) is 0.0833. The van der Waals surface area contributed by atoms with Crippen molar-refractivity contribution in [2.45, 2.75) is 6.42 Å². The maximum absolute atomic E-state index is 6.11. The van der Waals surface area contributed by atoms with Gasteiger partial charge in [-0.25, -0.2) is 15.0 Å². The van der Waals surface area contributed by atoms with Crippen molar-refractivity contribution >= 4 is 28.6 Å². The minimum atomic E-state index is 0.401. The second-order valence-corrected chi connectivity index (χ2v) is 4.32. The molecule has 5 nitrogen and oxygen atoms in total. The first-order chi connectivity index (χ1) is 8.74. The average Bonchev–Trinajstić information content (AvgIpc) is 2.76. The molecule has 1 aromatic carbocycles. The van der Waals surface area contributed by atoms with Crippen LogP contribution in [-0.4, -0.2) is 19.9 Å². The minimum Gasteiger partial charge on any atom is -0.382 e. The number of nitrogens with one attached hydrogen (secondary N) is 1. The van der Waals surface area contributed by atoms with Crippen molar-refractivity contribution in [1.82, 2.24) is 19.9 Å². The topological polar surface area (TPSA) is 80.5 Å². The monoisotopic (exact) mass is 259 g/mol. The second-order valence-electron chi connectivity index (χ2n) is 3.91. The maximum Gasteiger partial charge on any atom is 0.183 e. The van der Waals surface area contributed by atoms with Gasteiger partial charge in [0.25, 0.3) is 0 Å². The number of nitrogen functional groups attached to an aromatic ring is 1. The van der Waals surface area contributed by atoms with Crippen molar-refractivity contribution in [2.24, 2.45) is 0 Å². The van der Waals surface area contributed by atoms with E-state index in [1.165, 1.54) is 6.33 Å². The Balaban J connectivity index is 2.01. The van der Waals surface area contributed by atoms with E-state index in [-0.39, 0.29) is 0 Å². The third-order valence-electron chi connectivity index (χ3n) is 2.68. The van der Waals surface area contributed by atoms with Gasteiger partial charge in [-0.2, -0.15) is 0 Å². The first-order valence-corrected chi connectivity index (χ1v) is 5.80. The molecule has 0 amide bonds. The van der Waals surface area contributed by atoms with Crippen molar-refractivity contribution in [2.75, 3.05) is 5.73 Å². The third kappa shape index (κ3) is 1.89. The Labute approximate surface area is 108 Å². The lowest BCUT2D eigenvalue weighted by molar-refractivity contribution is 1.03. The minimum absolute atomic E-state index is 0.401. The summed E-state index contributed by atoms with van der Waals surface area (Å²) in [5.41, 5.74) is 7.99. The molecule has 0 atom stereocenters. The number of fused-ring (bicyclic) bond motifs is 1. The molecule has 0 aliphatic rings. The van der Waals surface area contributed by atoms with E-state index in [2.05, 4.69) is 19.9 Å². The van der Waals surface area contributed by atoms with Gasteiger partial charge in [-0.1, -0.05) is 29.8 Å². The first-order valence-electron chi connectivity index (χ1n) is 5.42. The summed E-state index contributed by atoms with van der Waals surface area (Å²) in [6, 6.07) is 7.66. The highest BCUT2D eigenvalue weighted by Gasteiger charge is 2.09. The lowest BCUT2D eigenvalue weighted by Crippen LogP contribution is -1.92. The van der Waals surface area contributed by atoms with E-state index < -0.39 is 0 Å². The van der Waals surface area contributed by atoms with Crippen LogP contribution in [0.3, 0.4) is 0 Å². The van der Waals surface area contributed by atoms with Gasteiger partial charge in [-0.3, -0.25) is 0 Å². The van der Waals surface area contributed by atoms with E-state index in [0.29, 0.717) is 23.4 Å². The van der Waals surface area contributed by atoms with Gasteiger partial charge >= 0.3 is 0 Å². The molecule has 0 radical (unpaired) electrons. The van der Waals surface area contributed by atoms with Crippen LogP contribution in [0.5, 0.6) is 0 Å². The zero-order chi connectivity index (χ0) is 12.5. The molecule has 0 saturated carbocycles. The van der Waals surface area contributed by atoms with Crippen molar-refractivity contribution in [1.29, 1.82) is 0 Å². The summed E-state index contributed by atoms with van der Waals surface area (Å²) in [7, 11) is 0. The number of anilines is 1.